The number of aliphatic hydroxyl groups is 1. The first-order chi connectivity index (χ1) is 9.78. The normalized spacial score (nSPS) is 10.8. The average molecular weight is 270 g/mol. The fourth-order valence-electron chi connectivity index (χ4n) is 2.02. The molecule has 0 unspecified atom stereocenters. The van der Waals surface area contributed by atoms with Crippen LogP contribution in [-0.2, 0) is 0 Å². The van der Waals surface area contributed by atoms with Gasteiger partial charge in [-0.2, -0.15) is 5.10 Å². The van der Waals surface area contributed by atoms with Crippen molar-refractivity contribution in [3.8, 4) is 11.3 Å². The van der Waals surface area contributed by atoms with Gasteiger partial charge in [-0.15, -0.1) is 0 Å². The summed E-state index contributed by atoms with van der Waals surface area (Å²) in [7, 11) is 0. The number of hydrogen-bond donors (Lipinski definition) is 4. The maximum atomic E-state index is 8.90. The second kappa shape index (κ2) is 5.14. The van der Waals surface area contributed by atoms with Gasteiger partial charge in [-0.05, 0) is 12.1 Å². The molecule has 0 aliphatic carbocycles. The fourth-order valence-corrected chi connectivity index (χ4v) is 2.02. The summed E-state index contributed by atoms with van der Waals surface area (Å²) < 4.78 is 0. The van der Waals surface area contributed by atoms with E-state index in [9.17, 15) is 0 Å². The van der Waals surface area contributed by atoms with Crippen LogP contribution in [0.4, 0.5) is 11.5 Å². The molecule has 7 heteroatoms. The standard InChI is InChI=1S/C13H14N6O/c14-12-6-10(15-3-4-20)13-11(18-12)5-8(7-16-13)9-1-2-17-19-9/h1-2,5-7,20H,3-4H2,(H,17,19)(H3,14,15,18). The van der Waals surface area contributed by atoms with E-state index in [1.807, 2.05) is 12.1 Å². The Kier molecular flexibility index (Phi) is 3.18. The number of nitrogens with two attached hydrogens (primary N) is 1. The van der Waals surface area contributed by atoms with Gasteiger partial charge in [0.2, 0.25) is 0 Å². The first-order valence-electron chi connectivity index (χ1n) is 6.18. The van der Waals surface area contributed by atoms with Crippen molar-refractivity contribution in [1.82, 2.24) is 20.2 Å². The van der Waals surface area contributed by atoms with E-state index in [2.05, 4.69) is 25.5 Å². The lowest BCUT2D eigenvalue weighted by Gasteiger charge is -2.09. The molecule has 0 saturated carbocycles. The number of hydrogen-bond acceptors (Lipinski definition) is 6. The number of aliphatic hydroxyl groups excluding tert-OH is 1. The Morgan fingerprint density at radius 2 is 2.25 bits per heavy atom. The summed E-state index contributed by atoms with van der Waals surface area (Å²) in [5.41, 5.74) is 9.73. The number of anilines is 2. The molecule has 0 radical (unpaired) electrons. The zero-order valence-electron chi connectivity index (χ0n) is 10.7. The first kappa shape index (κ1) is 12.4. The Labute approximate surface area is 114 Å². The third kappa shape index (κ3) is 2.26. The summed E-state index contributed by atoms with van der Waals surface area (Å²) in [6, 6.07) is 5.47. The van der Waals surface area contributed by atoms with E-state index in [0.29, 0.717) is 17.9 Å². The molecule has 3 heterocycles. The van der Waals surface area contributed by atoms with Crippen LogP contribution in [-0.4, -0.2) is 38.4 Å². The number of aromatic amines is 1. The van der Waals surface area contributed by atoms with Gasteiger partial charge >= 0.3 is 0 Å². The highest BCUT2D eigenvalue weighted by Gasteiger charge is 2.08. The molecular formula is C13H14N6O. The van der Waals surface area contributed by atoms with Crippen molar-refractivity contribution in [2.75, 3.05) is 24.2 Å². The van der Waals surface area contributed by atoms with Gasteiger partial charge < -0.3 is 16.2 Å². The second-order valence-corrected chi connectivity index (χ2v) is 4.31. The molecule has 3 aromatic rings. The maximum absolute atomic E-state index is 8.90. The largest absolute Gasteiger partial charge is 0.395 e. The number of nitrogens with zero attached hydrogens (tertiary/aromatic N) is 3. The third-order valence-corrected chi connectivity index (χ3v) is 2.90. The van der Waals surface area contributed by atoms with E-state index in [0.717, 1.165) is 22.5 Å². The number of rotatable bonds is 4. The highest BCUT2D eigenvalue weighted by atomic mass is 16.3. The molecule has 0 bridgehead atoms. The highest BCUT2D eigenvalue weighted by Crippen LogP contribution is 2.26. The van der Waals surface area contributed by atoms with E-state index in [1.54, 1.807) is 18.5 Å². The van der Waals surface area contributed by atoms with Crippen LogP contribution in [0.3, 0.4) is 0 Å². The Morgan fingerprint density at radius 3 is 3.00 bits per heavy atom. The topological polar surface area (TPSA) is 113 Å². The molecule has 0 fully saturated rings. The number of nitrogens with one attached hydrogen (secondary N) is 2. The van der Waals surface area contributed by atoms with E-state index < -0.39 is 0 Å². The van der Waals surface area contributed by atoms with Crippen LogP contribution in [0.15, 0.2) is 30.6 Å². The minimum atomic E-state index is 0.0376. The predicted molar refractivity (Wildman–Crippen MR) is 77.1 cm³/mol. The van der Waals surface area contributed by atoms with E-state index in [-0.39, 0.29) is 6.61 Å². The van der Waals surface area contributed by atoms with Crippen LogP contribution in [0, 0.1) is 0 Å². The zero-order valence-corrected chi connectivity index (χ0v) is 10.7. The molecule has 7 nitrogen and oxygen atoms in total. The van der Waals surface area contributed by atoms with Gasteiger partial charge in [-0.3, -0.25) is 10.1 Å². The maximum Gasteiger partial charge on any atom is 0.126 e. The van der Waals surface area contributed by atoms with E-state index in [4.69, 9.17) is 10.8 Å². The molecule has 0 atom stereocenters. The summed E-state index contributed by atoms with van der Waals surface area (Å²) in [6.45, 7) is 0.471. The number of aromatic nitrogens is 4. The summed E-state index contributed by atoms with van der Waals surface area (Å²) >= 11 is 0. The van der Waals surface area contributed by atoms with Gasteiger partial charge in [0.05, 0.1) is 23.5 Å². The lowest BCUT2D eigenvalue weighted by atomic mass is 10.1. The molecule has 0 amide bonds. The fraction of sp³-hybridized carbons (Fsp3) is 0.154. The van der Waals surface area contributed by atoms with Gasteiger partial charge in [-0.1, -0.05) is 0 Å². The zero-order chi connectivity index (χ0) is 13.9. The summed E-state index contributed by atoms with van der Waals surface area (Å²) in [5, 5.41) is 18.8. The average Bonchev–Trinajstić information content (AvgIpc) is 2.98. The van der Waals surface area contributed by atoms with Crippen molar-refractivity contribution in [3.63, 3.8) is 0 Å². The summed E-state index contributed by atoms with van der Waals surface area (Å²) in [4.78, 5) is 8.71. The van der Waals surface area contributed by atoms with Crippen molar-refractivity contribution in [1.29, 1.82) is 0 Å². The number of fused-ring (bicyclic) bond motifs is 1. The molecule has 0 saturated heterocycles. The van der Waals surface area contributed by atoms with Crippen LogP contribution in [0.2, 0.25) is 0 Å². The summed E-state index contributed by atoms with van der Waals surface area (Å²) in [5.74, 6) is 0.404. The molecule has 0 aliphatic rings. The monoisotopic (exact) mass is 270 g/mol. The van der Waals surface area contributed by atoms with Crippen molar-refractivity contribution in [2.24, 2.45) is 0 Å². The molecule has 5 N–H and O–H groups in total. The number of nitrogen functional groups attached to an aromatic ring is 1. The van der Waals surface area contributed by atoms with Crippen molar-refractivity contribution in [2.45, 2.75) is 0 Å². The van der Waals surface area contributed by atoms with Gasteiger partial charge in [0.15, 0.2) is 0 Å². The van der Waals surface area contributed by atoms with Crippen molar-refractivity contribution < 1.29 is 5.11 Å². The molecule has 102 valence electrons. The minimum Gasteiger partial charge on any atom is -0.395 e. The molecule has 0 aromatic carbocycles. The smallest absolute Gasteiger partial charge is 0.126 e. The SMILES string of the molecule is Nc1cc(NCCO)c2ncc(-c3ccn[nH]3)cc2n1. The Balaban J connectivity index is 2.10. The van der Waals surface area contributed by atoms with Gasteiger partial charge in [0, 0.05) is 30.6 Å². The van der Waals surface area contributed by atoms with Gasteiger partial charge in [0.1, 0.15) is 11.3 Å². The molecule has 0 spiro atoms. The Hall–Kier alpha value is -2.67. The minimum absolute atomic E-state index is 0.0376. The summed E-state index contributed by atoms with van der Waals surface area (Å²) in [6.07, 6.45) is 3.43. The highest BCUT2D eigenvalue weighted by molar-refractivity contribution is 5.91. The molecule has 20 heavy (non-hydrogen) atoms. The molecule has 3 rings (SSSR count). The second-order valence-electron chi connectivity index (χ2n) is 4.31. The van der Waals surface area contributed by atoms with Crippen LogP contribution < -0.4 is 11.1 Å². The molecule has 0 aliphatic heterocycles. The van der Waals surface area contributed by atoms with Crippen LogP contribution >= 0.6 is 0 Å². The van der Waals surface area contributed by atoms with Crippen molar-refractivity contribution >= 4 is 22.5 Å². The lowest BCUT2D eigenvalue weighted by molar-refractivity contribution is 0.311. The van der Waals surface area contributed by atoms with Crippen LogP contribution in [0.25, 0.3) is 22.3 Å². The Bertz CT molecular complexity index is 725. The van der Waals surface area contributed by atoms with Gasteiger partial charge in [0.25, 0.3) is 0 Å². The molecule has 3 aromatic heterocycles. The predicted octanol–water partition coefficient (Wildman–Crippen LogP) is 1.01. The quantitative estimate of drug-likeness (QED) is 0.562. The van der Waals surface area contributed by atoms with Crippen LogP contribution in [0.1, 0.15) is 0 Å². The molecular weight excluding hydrogens is 256 g/mol. The van der Waals surface area contributed by atoms with Crippen molar-refractivity contribution in [3.05, 3.63) is 30.6 Å². The number of H-pyrrole nitrogens is 1. The number of pyridine rings is 2. The Morgan fingerprint density at radius 1 is 1.35 bits per heavy atom. The van der Waals surface area contributed by atoms with E-state index >= 15 is 0 Å². The van der Waals surface area contributed by atoms with E-state index in [1.165, 1.54) is 0 Å². The first-order valence-corrected chi connectivity index (χ1v) is 6.18. The van der Waals surface area contributed by atoms with Crippen LogP contribution in [0.5, 0.6) is 0 Å². The third-order valence-electron chi connectivity index (χ3n) is 2.90. The lowest BCUT2D eigenvalue weighted by Crippen LogP contribution is -2.07. The van der Waals surface area contributed by atoms with Gasteiger partial charge in [-0.25, -0.2) is 4.98 Å².